The van der Waals surface area contributed by atoms with Crippen molar-refractivity contribution in [2.75, 3.05) is 19.7 Å². The van der Waals surface area contributed by atoms with Gasteiger partial charge in [0, 0.05) is 25.6 Å². The summed E-state index contributed by atoms with van der Waals surface area (Å²) in [5.74, 6) is 1.11. The Labute approximate surface area is 127 Å². The maximum Gasteiger partial charge on any atom is 0.223 e. The number of hydrogen-bond acceptors (Lipinski definition) is 3. The Morgan fingerprint density at radius 2 is 2.19 bits per heavy atom. The van der Waals surface area contributed by atoms with E-state index in [4.69, 9.17) is 10.5 Å². The summed E-state index contributed by atoms with van der Waals surface area (Å²) in [7, 11) is 0. The fraction of sp³-hybridized carbons (Fsp3) is 0.588. The predicted octanol–water partition coefficient (Wildman–Crippen LogP) is 2.36. The van der Waals surface area contributed by atoms with Gasteiger partial charge in [-0.1, -0.05) is 18.2 Å². The molecule has 1 aromatic rings. The van der Waals surface area contributed by atoms with Crippen molar-refractivity contribution < 1.29 is 9.53 Å². The number of likely N-dealkylation sites (tertiary alicyclic amines) is 1. The quantitative estimate of drug-likeness (QED) is 0.875. The highest BCUT2D eigenvalue weighted by atomic mass is 16.5. The SMILES string of the molecule is CCOc1ccccc1CCC(=O)N1CCCCC1CN. The molecule has 2 rings (SSSR count). The highest BCUT2D eigenvalue weighted by Gasteiger charge is 2.25. The molecular weight excluding hydrogens is 264 g/mol. The van der Waals surface area contributed by atoms with Crippen LogP contribution in [0.15, 0.2) is 24.3 Å². The van der Waals surface area contributed by atoms with Crippen molar-refractivity contribution in [2.45, 2.75) is 45.1 Å². The van der Waals surface area contributed by atoms with E-state index in [-0.39, 0.29) is 11.9 Å². The zero-order valence-corrected chi connectivity index (χ0v) is 12.9. The minimum Gasteiger partial charge on any atom is -0.494 e. The fourth-order valence-corrected chi connectivity index (χ4v) is 2.97. The van der Waals surface area contributed by atoms with E-state index in [9.17, 15) is 4.79 Å². The Balaban J connectivity index is 1.94. The first kappa shape index (κ1) is 15.8. The molecule has 0 aromatic heterocycles. The van der Waals surface area contributed by atoms with E-state index in [1.54, 1.807) is 0 Å². The van der Waals surface area contributed by atoms with E-state index in [0.717, 1.165) is 37.1 Å². The molecule has 0 aliphatic carbocycles. The molecule has 4 nitrogen and oxygen atoms in total. The van der Waals surface area contributed by atoms with Gasteiger partial charge in [0.1, 0.15) is 5.75 Å². The van der Waals surface area contributed by atoms with Crippen LogP contribution in [0.5, 0.6) is 5.75 Å². The summed E-state index contributed by atoms with van der Waals surface area (Å²) in [6, 6.07) is 8.19. The number of piperidine rings is 1. The van der Waals surface area contributed by atoms with Gasteiger partial charge in [0.25, 0.3) is 0 Å². The first-order chi connectivity index (χ1) is 10.3. The fourth-order valence-electron chi connectivity index (χ4n) is 2.97. The molecule has 4 heteroatoms. The summed E-state index contributed by atoms with van der Waals surface area (Å²) < 4.78 is 5.61. The number of ether oxygens (including phenoxy) is 1. The summed E-state index contributed by atoms with van der Waals surface area (Å²) in [6.07, 6.45) is 4.57. The van der Waals surface area contributed by atoms with Gasteiger partial charge in [-0.05, 0) is 44.2 Å². The molecule has 0 saturated carbocycles. The second-order valence-electron chi connectivity index (χ2n) is 5.51. The first-order valence-corrected chi connectivity index (χ1v) is 7.96. The van der Waals surface area contributed by atoms with Crippen molar-refractivity contribution in [3.8, 4) is 5.75 Å². The van der Waals surface area contributed by atoms with Crippen molar-refractivity contribution in [1.82, 2.24) is 4.90 Å². The monoisotopic (exact) mass is 290 g/mol. The number of nitrogens with zero attached hydrogens (tertiary/aromatic N) is 1. The second-order valence-corrected chi connectivity index (χ2v) is 5.51. The highest BCUT2D eigenvalue weighted by Crippen LogP contribution is 2.22. The Morgan fingerprint density at radius 1 is 1.38 bits per heavy atom. The smallest absolute Gasteiger partial charge is 0.223 e. The predicted molar refractivity (Wildman–Crippen MR) is 84.3 cm³/mol. The third kappa shape index (κ3) is 4.21. The number of amides is 1. The van der Waals surface area contributed by atoms with E-state index in [1.807, 2.05) is 36.1 Å². The van der Waals surface area contributed by atoms with Gasteiger partial charge in [0.05, 0.1) is 6.61 Å². The van der Waals surface area contributed by atoms with Crippen LogP contribution in [-0.2, 0) is 11.2 Å². The van der Waals surface area contributed by atoms with Gasteiger partial charge in [0.15, 0.2) is 0 Å². The number of para-hydroxylation sites is 1. The maximum atomic E-state index is 12.4. The molecule has 1 aliphatic heterocycles. The van der Waals surface area contributed by atoms with Crippen LogP contribution in [0.1, 0.15) is 38.2 Å². The molecule has 0 bridgehead atoms. The molecule has 1 fully saturated rings. The lowest BCUT2D eigenvalue weighted by atomic mass is 10.0. The summed E-state index contributed by atoms with van der Waals surface area (Å²) in [5, 5.41) is 0. The Kier molecular flexibility index (Phi) is 6.05. The van der Waals surface area contributed by atoms with Gasteiger partial charge in [-0.15, -0.1) is 0 Å². The van der Waals surface area contributed by atoms with Gasteiger partial charge < -0.3 is 15.4 Å². The first-order valence-electron chi connectivity index (χ1n) is 7.96. The van der Waals surface area contributed by atoms with Crippen LogP contribution in [0.25, 0.3) is 0 Å². The third-order valence-electron chi connectivity index (χ3n) is 4.10. The van der Waals surface area contributed by atoms with Crippen LogP contribution in [0.2, 0.25) is 0 Å². The van der Waals surface area contributed by atoms with Gasteiger partial charge in [-0.25, -0.2) is 0 Å². The van der Waals surface area contributed by atoms with E-state index in [0.29, 0.717) is 19.6 Å². The summed E-state index contributed by atoms with van der Waals surface area (Å²) in [5.41, 5.74) is 6.89. The molecule has 1 aromatic carbocycles. The topological polar surface area (TPSA) is 55.6 Å². The van der Waals surface area contributed by atoms with Crippen LogP contribution in [0, 0.1) is 0 Å². The number of hydrogen-bond donors (Lipinski definition) is 1. The van der Waals surface area contributed by atoms with Crippen molar-refractivity contribution in [1.29, 1.82) is 0 Å². The second kappa shape index (κ2) is 8.03. The number of carbonyl (C=O) groups is 1. The van der Waals surface area contributed by atoms with E-state index >= 15 is 0 Å². The molecule has 1 amide bonds. The van der Waals surface area contributed by atoms with Crippen LogP contribution in [-0.4, -0.2) is 36.5 Å². The van der Waals surface area contributed by atoms with E-state index < -0.39 is 0 Å². The molecule has 1 unspecified atom stereocenters. The van der Waals surface area contributed by atoms with Crippen molar-refractivity contribution in [3.63, 3.8) is 0 Å². The lowest BCUT2D eigenvalue weighted by molar-refractivity contribution is -0.134. The van der Waals surface area contributed by atoms with Crippen LogP contribution >= 0.6 is 0 Å². The molecular formula is C17H26N2O2. The van der Waals surface area contributed by atoms with E-state index in [2.05, 4.69) is 0 Å². The number of nitrogens with two attached hydrogens (primary N) is 1. The van der Waals surface area contributed by atoms with Gasteiger partial charge in [-0.2, -0.15) is 0 Å². The van der Waals surface area contributed by atoms with E-state index in [1.165, 1.54) is 6.42 Å². The summed E-state index contributed by atoms with van der Waals surface area (Å²) in [4.78, 5) is 14.4. The molecule has 1 aliphatic rings. The Bertz CT molecular complexity index is 462. The minimum atomic E-state index is 0.219. The van der Waals surface area contributed by atoms with Crippen molar-refractivity contribution >= 4 is 5.91 Å². The molecule has 21 heavy (non-hydrogen) atoms. The average molecular weight is 290 g/mol. The molecule has 0 radical (unpaired) electrons. The van der Waals surface area contributed by atoms with Crippen LogP contribution < -0.4 is 10.5 Å². The summed E-state index contributed by atoms with van der Waals surface area (Å²) >= 11 is 0. The molecule has 1 heterocycles. The zero-order chi connectivity index (χ0) is 15.1. The average Bonchev–Trinajstić information content (AvgIpc) is 2.54. The normalized spacial score (nSPS) is 18.6. The van der Waals surface area contributed by atoms with Gasteiger partial charge in [0.2, 0.25) is 5.91 Å². The molecule has 116 valence electrons. The number of carbonyl (C=O) groups excluding carboxylic acids is 1. The van der Waals surface area contributed by atoms with Gasteiger partial charge in [-0.3, -0.25) is 4.79 Å². The maximum absolute atomic E-state index is 12.4. The van der Waals surface area contributed by atoms with Crippen LogP contribution in [0.3, 0.4) is 0 Å². The lowest BCUT2D eigenvalue weighted by Crippen LogP contribution is -2.47. The molecule has 2 N–H and O–H groups in total. The van der Waals surface area contributed by atoms with Crippen molar-refractivity contribution in [3.05, 3.63) is 29.8 Å². The molecule has 1 atom stereocenters. The molecule has 0 spiro atoms. The highest BCUT2D eigenvalue weighted by molar-refractivity contribution is 5.77. The van der Waals surface area contributed by atoms with Crippen molar-refractivity contribution in [2.24, 2.45) is 5.73 Å². The minimum absolute atomic E-state index is 0.219. The zero-order valence-electron chi connectivity index (χ0n) is 12.9. The number of aryl methyl sites for hydroxylation is 1. The number of benzene rings is 1. The third-order valence-corrected chi connectivity index (χ3v) is 4.10. The summed E-state index contributed by atoms with van der Waals surface area (Å²) in [6.45, 7) is 4.04. The van der Waals surface area contributed by atoms with Gasteiger partial charge >= 0.3 is 0 Å². The molecule has 1 saturated heterocycles. The Hall–Kier alpha value is -1.55. The van der Waals surface area contributed by atoms with Crippen LogP contribution in [0.4, 0.5) is 0 Å². The number of rotatable bonds is 6. The standard InChI is InChI=1S/C17H26N2O2/c1-2-21-16-9-4-3-7-14(16)10-11-17(20)19-12-6-5-8-15(19)13-18/h3-4,7,9,15H,2,5-6,8,10-13,18H2,1H3. The largest absolute Gasteiger partial charge is 0.494 e. The Morgan fingerprint density at radius 3 is 2.95 bits per heavy atom. The lowest BCUT2D eigenvalue weighted by Gasteiger charge is -2.35.